The minimum Gasteiger partial charge on any atom is -0.327 e. The second-order valence-electron chi connectivity index (χ2n) is 8.43. The zero-order valence-corrected chi connectivity index (χ0v) is 19.1. The molecule has 2 aromatic carbocycles. The van der Waals surface area contributed by atoms with Gasteiger partial charge in [-0.05, 0) is 60.9 Å². The van der Waals surface area contributed by atoms with E-state index in [0.29, 0.717) is 12.4 Å². The summed E-state index contributed by atoms with van der Waals surface area (Å²) in [6.45, 7) is 4.73. The highest BCUT2D eigenvalue weighted by Crippen LogP contribution is 2.33. The zero-order chi connectivity index (χ0) is 22.5. The first kappa shape index (κ1) is 19.8. The summed E-state index contributed by atoms with van der Waals surface area (Å²) in [5, 5.41) is 0. The van der Waals surface area contributed by atoms with Crippen molar-refractivity contribution in [3.63, 3.8) is 0 Å². The molecular formula is C26H21N5OS. The fourth-order valence-electron chi connectivity index (χ4n) is 4.33. The maximum atomic E-state index is 13.4. The standard InChI is InChI=1S/C26H21N5OS/c1-16(2)30-11-10-27-25(30)22-4-3-5-24(29-22)31-14-19-7-6-17(12-20(19)26(31)32)18-8-9-21-23(13-18)33-15-28-21/h3-13,15-16H,14H2,1-2H3. The van der Waals surface area contributed by atoms with Gasteiger partial charge < -0.3 is 4.57 Å². The van der Waals surface area contributed by atoms with Gasteiger partial charge >= 0.3 is 0 Å². The van der Waals surface area contributed by atoms with Crippen LogP contribution in [0, 0.1) is 0 Å². The van der Waals surface area contributed by atoms with Gasteiger partial charge in [0.15, 0.2) is 5.82 Å². The van der Waals surface area contributed by atoms with Crippen LogP contribution in [0.5, 0.6) is 0 Å². The van der Waals surface area contributed by atoms with Gasteiger partial charge in [-0.25, -0.2) is 15.0 Å². The Kier molecular flexibility index (Phi) is 4.58. The SMILES string of the molecule is CC(C)n1ccnc1-c1cccc(N2Cc3ccc(-c4ccc5ncsc5c4)cc3C2=O)n1. The summed E-state index contributed by atoms with van der Waals surface area (Å²) in [4.78, 5) is 28.8. The molecule has 0 atom stereocenters. The third kappa shape index (κ3) is 3.32. The van der Waals surface area contributed by atoms with Gasteiger partial charge in [0.1, 0.15) is 11.5 Å². The molecule has 5 aromatic rings. The first-order valence-corrected chi connectivity index (χ1v) is 11.7. The Morgan fingerprint density at radius 1 is 1.00 bits per heavy atom. The highest BCUT2D eigenvalue weighted by atomic mass is 32.1. The van der Waals surface area contributed by atoms with E-state index < -0.39 is 0 Å². The Morgan fingerprint density at radius 3 is 2.73 bits per heavy atom. The summed E-state index contributed by atoms with van der Waals surface area (Å²) < 4.78 is 3.22. The molecule has 1 amide bonds. The monoisotopic (exact) mass is 451 g/mol. The van der Waals surface area contributed by atoms with Crippen LogP contribution in [0.2, 0.25) is 0 Å². The topological polar surface area (TPSA) is 63.9 Å². The predicted octanol–water partition coefficient (Wildman–Crippen LogP) is 5.96. The molecule has 162 valence electrons. The van der Waals surface area contributed by atoms with Crippen molar-refractivity contribution >= 4 is 33.3 Å². The Bertz CT molecular complexity index is 1520. The van der Waals surface area contributed by atoms with Gasteiger partial charge in [-0.15, -0.1) is 11.3 Å². The van der Waals surface area contributed by atoms with Gasteiger partial charge in [0.25, 0.3) is 5.91 Å². The first-order chi connectivity index (χ1) is 16.1. The number of aromatic nitrogens is 4. The van der Waals surface area contributed by atoms with Gasteiger partial charge in [-0.3, -0.25) is 9.69 Å². The van der Waals surface area contributed by atoms with E-state index in [1.165, 1.54) is 0 Å². The van der Waals surface area contributed by atoms with E-state index in [1.807, 2.05) is 42.0 Å². The number of thiazole rings is 1. The van der Waals surface area contributed by atoms with Crippen molar-refractivity contribution in [3.05, 3.63) is 83.6 Å². The van der Waals surface area contributed by atoms with E-state index >= 15 is 0 Å². The number of hydrogen-bond acceptors (Lipinski definition) is 5. The molecule has 0 fully saturated rings. The molecule has 33 heavy (non-hydrogen) atoms. The summed E-state index contributed by atoms with van der Waals surface area (Å²) in [7, 11) is 0. The fourth-order valence-corrected chi connectivity index (χ4v) is 5.04. The molecule has 0 saturated carbocycles. The number of rotatable bonds is 4. The van der Waals surface area contributed by atoms with Crippen LogP contribution in [-0.4, -0.2) is 25.4 Å². The molecule has 6 nitrogen and oxygen atoms in total. The number of hydrogen-bond donors (Lipinski definition) is 0. The minimum absolute atomic E-state index is 0.0254. The minimum atomic E-state index is -0.0254. The molecule has 0 aliphatic carbocycles. The maximum Gasteiger partial charge on any atom is 0.260 e. The lowest BCUT2D eigenvalue weighted by atomic mass is 10.0. The number of amides is 1. The summed E-state index contributed by atoms with van der Waals surface area (Å²) in [6, 6.07) is 18.4. The van der Waals surface area contributed by atoms with Gasteiger partial charge in [-0.2, -0.15) is 0 Å². The lowest BCUT2D eigenvalue weighted by Gasteiger charge is -2.16. The smallest absolute Gasteiger partial charge is 0.260 e. The number of nitrogens with zero attached hydrogens (tertiary/aromatic N) is 5. The van der Waals surface area contributed by atoms with E-state index in [4.69, 9.17) is 4.98 Å². The molecule has 1 aliphatic rings. The summed E-state index contributed by atoms with van der Waals surface area (Å²) in [6.07, 6.45) is 3.74. The largest absolute Gasteiger partial charge is 0.327 e. The predicted molar refractivity (Wildman–Crippen MR) is 131 cm³/mol. The normalized spacial score (nSPS) is 13.3. The van der Waals surface area contributed by atoms with Gasteiger partial charge in [0, 0.05) is 24.0 Å². The van der Waals surface area contributed by atoms with E-state index in [2.05, 4.69) is 52.6 Å². The van der Waals surface area contributed by atoms with Gasteiger partial charge in [0.05, 0.1) is 22.3 Å². The Balaban J connectivity index is 1.34. The quantitative estimate of drug-likeness (QED) is 0.338. The summed E-state index contributed by atoms with van der Waals surface area (Å²) in [5.41, 5.74) is 7.46. The van der Waals surface area contributed by atoms with E-state index in [9.17, 15) is 4.79 Å². The fraction of sp³-hybridized carbons (Fsp3) is 0.154. The number of anilines is 1. The number of benzene rings is 2. The van der Waals surface area contributed by atoms with Crippen LogP contribution in [0.4, 0.5) is 5.82 Å². The lowest BCUT2D eigenvalue weighted by Crippen LogP contribution is -2.24. The third-order valence-corrected chi connectivity index (χ3v) is 6.84. The first-order valence-electron chi connectivity index (χ1n) is 10.9. The molecule has 0 unspecified atom stereocenters. The highest BCUT2D eigenvalue weighted by molar-refractivity contribution is 7.16. The van der Waals surface area contributed by atoms with Crippen molar-refractivity contribution in [1.29, 1.82) is 0 Å². The number of carbonyl (C=O) groups is 1. The van der Waals surface area contributed by atoms with Crippen molar-refractivity contribution < 1.29 is 4.79 Å². The van der Waals surface area contributed by atoms with Crippen LogP contribution >= 0.6 is 11.3 Å². The molecule has 6 rings (SSSR count). The summed E-state index contributed by atoms with van der Waals surface area (Å²) in [5.74, 6) is 1.42. The Morgan fingerprint density at radius 2 is 1.85 bits per heavy atom. The van der Waals surface area contributed by atoms with E-state index in [1.54, 1.807) is 22.4 Å². The number of carbonyl (C=O) groups excluding carboxylic acids is 1. The zero-order valence-electron chi connectivity index (χ0n) is 18.3. The van der Waals surface area contributed by atoms with E-state index in [0.717, 1.165) is 44.0 Å². The van der Waals surface area contributed by atoms with Crippen LogP contribution in [0.1, 0.15) is 35.8 Å². The molecule has 7 heteroatoms. The molecule has 0 radical (unpaired) electrons. The Labute approximate surface area is 195 Å². The highest BCUT2D eigenvalue weighted by Gasteiger charge is 2.30. The van der Waals surface area contributed by atoms with Crippen molar-refractivity contribution in [2.24, 2.45) is 0 Å². The average Bonchev–Trinajstić information content (AvgIpc) is 3.57. The lowest BCUT2D eigenvalue weighted by molar-refractivity contribution is 0.0996. The van der Waals surface area contributed by atoms with Crippen LogP contribution in [-0.2, 0) is 6.54 Å². The van der Waals surface area contributed by atoms with Crippen molar-refractivity contribution in [2.75, 3.05) is 4.90 Å². The van der Waals surface area contributed by atoms with Crippen LogP contribution in [0.3, 0.4) is 0 Å². The number of imidazole rings is 1. The van der Waals surface area contributed by atoms with Crippen molar-refractivity contribution in [2.45, 2.75) is 26.4 Å². The molecule has 3 aromatic heterocycles. The molecule has 0 bridgehead atoms. The third-order valence-electron chi connectivity index (χ3n) is 6.04. The maximum absolute atomic E-state index is 13.4. The van der Waals surface area contributed by atoms with Crippen LogP contribution in [0.15, 0.2) is 72.5 Å². The molecule has 0 N–H and O–H groups in total. The van der Waals surface area contributed by atoms with Crippen LogP contribution < -0.4 is 4.90 Å². The molecule has 4 heterocycles. The number of fused-ring (bicyclic) bond motifs is 2. The van der Waals surface area contributed by atoms with Crippen molar-refractivity contribution in [1.82, 2.24) is 19.5 Å². The van der Waals surface area contributed by atoms with Gasteiger partial charge in [0.2, 0.25) is 0 Å². The molecule has 0 saturated heterocycles. The van der Waals surface area contributed by atoms with Crippen molar-refractivity contribution in [3.8, 4) is 22.6 Å². The van der Waals surface area contributed by atoms with Gasteiger partial charge in [-0.1, -0.05) is 24.3 Å². The second-order valence-corrected chi connectivity index (χ2v) is 9.32. The average molecular weight is 452 g/mol. The summed E-state index contributed by atoms with van der Waals surface area (Å²) >= 11 is 1.62. The van der Waals surface area contributed by atoms with E-state index in [-0.39, 0.29) is 11.9 Å². The Hall–Kier alpha value is -3.84. The van der Waals surface area contributed by atoms with Crippen LogP contribution in [0.25, 0.3) is 32.9 Å². The molecule has 1 aliphatic heterocycles. The second kappa shape index (κ2) is 7.64. The number of pyridine rings is 1. The molecule has 0 spiro atoms. The molecular weight excluding hydrogens is 430 g/mol.